The second-order valence-electron chi connectivity index (χ2n) is 4.78. The van der Waals surface area contributed by atoms with Gasteiger partial charge in [-0.15, -0.1) is 0 Å². The third kappa shape index (κ3) is 2.15. The number of nitrogens with zero attached hydrogens (tertiary/aromatic N) is 2. The molecule has 0 aliphatic carbocycles. The predicted octanol–water partition coefficient (Wildman–Crippen LogP) is 1.58. The van der Waals surface area contributed by atoms with Gasteiger partial charge in [0.05, 0.1) is 12.0 Å². The minimum atomic E-state index is 0.408. The Morgan fingerprint density at radius 3 is 3.07 bits per heavy atom. The van der Waals surface area contributed by atoms with Gasteiger partial charge in [-0.05, 0) is 31.7 Å². The van der Waals surface area contributed by atoms with Crippen LogP contribution >= 0.6 is 0 Å². The molecular weight excluding hydrogens is 174 g/mol. The first-order chi connectivity index (χ1) is 6.68. The minimum absolute atomic E-state index is 0.408. The molecule has 0 bridgehead atoms. The van der Waals surface area contributed by atoms with E-state index >= 15 is 0 Å². The minimum Gasteiger partial charge on any atom is -0.337 e. The van der Waals surface area contributed by atoms with Crippen molar-refractivity contribution in [1.29, 1.82) is 0 Å². The molecule has 0 aromatic carbocycles. The van der Waals surface area contributed by atoms with Gasteiger partial charge in [-0.1, -0.05) is 6.92 Å². The SMILES string of the molecule is Cc1cn(C[C@@]2(C)CCCNC2)cn1. The van der Waals surface area contributed by atoms with Gasteiger partial charge in [0, 0.05) is 19.3 Å². The summed E-state index contributed by atoms with van der Waals surface area (Å²) in [6.07, 6.45) is 6.68. The van der Waals surface area contributed by atoms with Gasteiger partial charge >= 0.3 is 0 Å². The van der Waals surface area contributed by atoms with E-state index in [4.69, 9.17) is 0 Å². The van der Waals surface area contributed by atoms with E-state index in [1.165, 1.54) is 19.4 Å². The Bertz CT molecular complexity index is 297. The van der Waals surface area contributed by atoms with Crippen LogP contribution in [-0.4, -0.2) is 22.6 Å². The molecule has 78 valence electrons. The van der Waals surface area contributed by atoms with Crippen LogP contribution in [0.3, 0.4) is 0 Å². The molecule has 0 unspecified atom stereocenters. The molecule has 1 atom stereocenters. The van der Waals surface area contributed by atoms with Crippen LogP contribution in [0.25, 0.3) is 0 Å². The topological polar surface area (TPSA) is 29.9 Å². The average molecular weight is 193 g/mol. The van der Waals surface area contributed by atoms with Crippen molar-refractivity contribution in [2.24, 2.45) is 5.41 Å². The maximum atomic E-state index is 4.26. The van der Waals surface area contributed by atoms with E-state index < -0.39 is 0 Å². The second kappa shape index (κ2) is 3.73. The van der Waals surface area contributed by atoms with Crippen molar-refractivity contribution in [3.05, 3.63) is 18.2 Å². The highest BCUT2D eigenvalue weighted by atomic mass is 15.0. The van der Waals surface area contributed by atoms with E-state index in [1.807, 2.05) is 13.3 Å². The van der Waals surface area contributed by atoms with Crippen LogP contribution in [0.5, 0.6) is 0 Å². The summed E-state index contributed by atoms with van der Waals surface area (Å²) in [5.74, 6) is 0. The highest BCUT2D eigenvalue weighted by Gasteiger charge is 2.26. The lowest BCUT2D eigenvalue weighted by atomic mass is 9.83. The van der Waals surface area contributed by atoms with Gasteiger partial charge in [0.15, 0.2) is 0 Å². The summed E-state index contributed by atoms with van der Waals surface area (Å²) in [5.41, 5.74) is 1.52. The number of imidazole rings is 1. The van der Waals surface area contributed by atoms with E-state index in [9.17, 15) is 0 Å². The van der Waals surface area contributed by atoms with Gasteiger partial charge in [-0.3, -0.25) is 0 Å². The van der Waals surface area contributed by atoms with Crippen LogP contribution in [0.15, 0.2) is 12.5 Å². The highest BCUT2D eigenvalue weighted by molar-refractivity contribution is 4.94. The molecule has 0 radical (unpaired) electrons. The standard InChI is InChI=1S/C11H19N3/c1-10-6-14(9-13-10)8-11(2)4-3-5-12-7-11/h6,9,12H,3-5,7-8H2,1-2H3/t11-/m0/s1. The van der Waals surface area contributed by atoms with Gasteiger partial charge in [0.1, 0.15) is 0 Å². The fourth-order valence-electron chi connectivity index (χ4n) is 2.25. The molecular formula is C11H19N3. The normalized spacial score (nSPS) is 27.9. The lowest BCUT2D eigenvalue weighted by molar-refractivity contribution is 0.201. The molecule has 0 saturated carbocycles. The molecule has 0 spiro atoms. The third-order valence-electron chi connectivity index (χ3n) is 3.01. The predicted molar refractivity (Wildman–Crippen MR) is 57.2 cm³/mol. The van der Waals surface area contributed by atoms with E-state index in [0.29, 0.717) is 5.41 Å². The third-order valence-corrected chi connectivity index (χ3v) is 3.01. The Labute approximate surface area is 85.5 Å². The Morgan fingerprint density at radius 1 is 1.64 bits per heavy atom. The number of aromatic nitrogens is 2. The molecule has 1 aliphatic rings. The van der Waals surface area contributed by atoms with Crippen LogP contribution < -0.4 is 5.32 Å². The van der Waals surface area contributed by atoms with E-state index in [1.54, 1.807) is 0 Å². The molecule has 1 aromatic rings. The highest BCUT2D eigenvalue weighted by Crippen LogP contribution is 2.27. The Balaban J connectivity index is 2.01. The number of rotatable bonds is 2. The molecule has 3 heteroatoms. The number of nitrogens with one attached hydrogen (secondary N) is 1. The Hall–Kier alpha value is -0.830. The number of hydrogen-bond acceptors (Lipinski definition) is 2. The fourth-order valence-corrected chi connectivity index (χ4v) is 2.25. The van der Waals surface area contributed by atoms with Crippen LogP contribution in [-0.2, 0) is 6.54 Å². The first-order valence-electron chi connectivity index (χ1n) is 5.37. The maximum absolute atomic E-state index is 4.26. The summed E-state index contributed by atoms with van der Waals surface area (Å²) in [6, 6.07) is 0. The van der Waals surface area contributed by atoms with E-state index in [-0.39, 0.29) is 0 Å². The van der Waals surface area contributed by atoms with Gasteiger partial charge < -0.3 is 9.88 Å². The average Bonchev–Trinajstić information content (AvgIpc) is 2.51. The first-order valence-corrected chi connectivity index (χ1v) is 5.37. The molecule has 3 nitrogen and oxygen atoms in total. The zero-order valence-electron chi connectivity index (χ0n) is 9.08. The lowest BCUT2D eigenvalue weighted by Gasteiger charge is -2.34. The van der Waals surface area contributed by atoms with Crippen molar-refractivity contribution in [2.75, 3.05) is 13.1 Å². The second-order valence-corrected chi connectivity index (χ2v) is 4.78. The smallest absolute Gasteiger partial charge is 0.0949 e. The fraction of sp³-hybridized carbons (Fsp3) is 0.727. The Morgan fingerprint density at radius 2 is 2.50 bits per heavy atom. The van der Waals surface area contributed by atoms with Crippen LogP contribution in [0.4, 0.5) is 0 Å². The number of hydrogen-bond donors (Lipinski definition) is 1. The summed E-state index contributed by atoms with van der Waals surface area (Å²) in [7, 11) is 0. The molecule has 1 aliphatic heterocycles. The summed E-state index contributed by atoms with van der Waals surface area (Å²) in [6.45, 7) is 7.79. The largest absolute Gasteiger partial charge is 0.337 e. The Kier molecular flexibility index (Phi) is 2.59. The summed E-state index contributed by atoms with van der Waals surface area (Å²) in [4.78, 5) is 4.26. The lowest BCUT2D eigenvalue weighted by Crippen LogP contribution is -2.40. The molecule has 14 heavy (non-hydrogen) atoms. The van der Waals surface area contributed by atoms with E-state index in [0.717, 1.165) is 18.8 Å². The number of aryl methyl sites for hydroxylation is 1. The quantitative estimate of drug-likeness (QED) is 0.773. The van der Waals surface area contributed by atoms with Crippen molar-refractivity contribution >= 4 is 0 Å². The van der Waals surface area contributed by atoms with Crippen LogP contribution in [0.2, 0.25) is 0 Å². The zero-order chi connectivity index (χ0) is 10.0. The summed E-state index contributed by atoms with van der Waals surface area (Å²) < 4.78 is 2.21. The molecule has 1 fully saturated rings. The first kappa shape index (κ1) is 9.71. The van der Waals surface area contributed by atoms with Crippen molar-refractivity contribution < 1.29 is 0 Å². The van der Waals surface area contributed by atoms with Crippen molar-refractivity contribution in [3.63, 3.8) is 0 Å². The van der Waals surface area contributed by atoms with Crippen molar-refractivity contribution in [1.82, 2.24) is 14.9 Å². The monoisotopic (exact) mass is 193 g/mol. The summed E-state index contributed by atoms with van der Waals surface area (Å²) >= 11 is 0. The van der Waals surface area contributed by atoms with Gasteiger partial charge in [-0.25, -0.2) is 4.98 Å². The van der Waals surface area contributed by atoms with Crippen LogP contribution in [0, 0.1) is 12.3 Å². The van der Waals surface area contributed by atoms with Gasteiger partial charge in [-0.2, -0.15) is 0 Å². The molecule has 1 aromatic heterocycles. The zero-order valence-corrected chi connectivity index (χ0v) is 9.08. The molecule has 1 N–H and O–H groups in total. The molecule has 2 rings (SSSR count). The van der Waals surface area contributed by atoms with Gasteiger partial charge in [0.25, 0.3) is 0 Å². The van der Waals surface area contributed by atoms with Crippen LogP contribution in [0.1, 0.15) is 25.5 Å². The molecule has 2 heterocycles. The van der Waals surface area contributed by atoms with E-state index in [2.05, 4.69) is 28.0 Å². The number of piperidine rings is 1. The maximum Gasteiger partial charge on any atom is 0.0949 e. The van der Waals surface area contributed by atoms with Gasteiger partial charge in [0.2, 0.25) is 0 Å². The van der Waals surface area contributed by atoms with Crippen molar-refractivity contribution in [3.8, 4) is 0 Å². The summed E-state index contributed by atoms with van der Waals surface area (Å²) in [5, 5.41) is 3.47. The molecule has 0 amide bonds. The molecule has 1 saturated heterocycles. The van der Waals surface area contributed by atoms with Crippen molar-refractivity contribution in [2.45, 2.75) is 33.2 Å².